The Morgan fingerprint density at radius 2 is 1.47 bits per heavy atom. The molecule has 0 aromatic rings. The van der Waals surface area contributed by atoms with Crippen molar-refractivity contribution in [1.29, 1.82) is 0 Å². The lowest BCUT2D eigenvalue weighted by atomic mass is 9.88. The lowest BCUT2D eigenvalue weighted by Gasteiger charge is -2.29. The van der Waals surface area contributed by atoms with Gasteiger partial charge in [-0.05, 0) is 47.5 Å². The maximum absolute atomic E-state index is 11.1. The van der Waals surface area contributed by atoms with E-state index in [1.807, 2.05) is 20.8 Å². The maximum Gasteiger partial charge on any atom is 0.500 e. The zero-order valence-corrected chi connectivity index (χ0v) is 13.8. The number of rotatable bonds is 11. The van der Waals surface area contributed by atoms with Crippen molar-refractivity contribution in [3.8, 4) is 0 Å². The summed E-state index contributed by atoms with van der Waals surface area (Å²) in [4.78, 5) is 11.1. The van der Waals surface area contributed by atoms with E-state index < -0.39 is 20.2 Å². The fourth-order valence-electron chi connectivity index (χ4n) is 1.86. The SMILES string of the molecule is CCO[Si](CCCC(C)(C)C(=O)O)(OCC)OCC. The molecule has 0 aliphatic carbocycles. The van der Waals surface area contributed by atoms with E-state index in [-0.39, 0.29) is 0 Å². The fourth-order valence-corrected chi connectivity index (χ4v) is 4.47. The van der Waals surface area contributed by atoms with E-state index in [1.54, 1.807) is 13.8 Å². The first-order valence-electron chi connectivity index (χ1n) is 6.98. The van der Waals surface area contributed by atoms with Crippen LogP contribution in [0.1, 0.15) is 47.5 Å². The highest BCUT2D eigenvalue weighted by atomic mass is 28.4. The Kier molecular flexibility index (Phi) is 8.48. The van der Waals surface area contributed by atoms with Gasteiger partial charge in [0.2, 0.25) is 0 Å². The number of aliphatic carboxylic acids is 1. The second-order valence-electron chi connectivity index (χ2n) is 5.02. The highest BCUT2D eigenvalue weighted by molar-refractivity contribution is 6.60. The third-order valence-corrected chi connectivity index (χ3v) is 6.11. The van der Waals surface area contributed by atoms with Crippen LogP contribution in [-0.2, 0) is 18.1 Å². The van der Waals surface area contributed by atoms with Crippen LogP contribution in [0.4, 0.5) is 0 Å². The molecule has 0 bridgehead atoms. The minimum atomic E-state index is -2.62. The molecule has 6 heteroatoms. The van der Waals surface area contributed by atoms with E-state index in [4.69, 9.17) is 18.4 Å². The number of carbonyl (C=O) groups is 1. The van der Waals surface area contributed by atoms with Crippen LogP contribution in [0.5, 0.6) is 0 Å². The van der Waals surface area contributed by atoms with Gasteiger partial charge in [-0.2, -0.15) is 0 Å². The van der Waals surface area contributed by atoms with Gasteiger partial charge in [0.15, 0.2) is 0 Å². The molecule has 0 aliphatic rings. The first-order chi connectivity index (χ1) is 8.83. The molecule has 0 radical (unpaired) electrons. The van der Waals surface area contributed by atoms with E-state index in [0.717, 1.165) is 6.42 Å². The second-order valence-corrected chi connectivity index (χ2v) is 7.76. The summed E-state index contributed by atoms with van der Waals surface area (Å²) >= 11 is 0. The molecular weight excluding hydrogens is 264 g/mol. The largest absolute Gasteiger partial charge is 0.500 e. The Hall–Kier alpha value is -0.433. The normalized spacial score (nSPS) is 12.7. The van der Waals surface area contributed by atoms with Gasteiger partial charge in [0.05, 0.1) is 5.41 Å². The maximum atomic E-state index is 11.1. The third-order valence-electron chi connectivity index (χ3n) is 2.96. The van der Waals surface area contributed by atoms with Crippen molar-refractivity contribution in [2.75, 3.05) is 19.8 Å². The van der Waals surface area contributed by atoms with Gasteiger partial charge in [-0.25, -0.2) is 0 Å². The van der Waals surface area contributed by atoms with Crippen LogP contribution in [-0.4, -0.2) is 39.7 Å². The molecule has 1 N–H and O–H groups in total. The van der Waals surface area contributed by atoms with Crippen molar-refractivity contribution in [3.05, 3.63) is 0 Å². The van der Waals surface area contributed by atoms with E-state index in [1.165, 1.54) is 0 Å². The van der Waals surface area contributed by atoms with E-state index >= 15 is 0 Å². The van der Waals surface area contributed by atoms with Gasteiger partial charge >= 0.3 is 14.8 Å². The van der Waals surface area contributed by atoms with Gasteiger partial charge < -0.3 is 18.4 Å². The predicted octanol–water partition coefficient (Wildman–Crippen LogP) is 2.93. The molecule has 0 saturated carbocycles. The molecular formula is C13H28O5Si. The summed E-state index contributed by atoms with van der Waals surface area (Å²) in [7, 11) is -2.62. The van der Waals surface area contributed by atoms with Crippen molar-refractivity contribution in [2.45, 2.75) is 53.5 Å². The zero-order chi connectivity index (χ0) is 14.9. The molecule has 114 valence electrons. The number of hydrogen-bond donors (Lipinski definition) is 1. The molecule has 0 aromatic heterocycles. The van der Waals surface area contributed by atoms with Gasteiger partial charge in [0.25, 0.3) is 0 Å². The molecule has 0 saturated heterocycles. The van der Waals surface area contributed by atoms with Gasteiger partial charge in [-0.15, -0.1) is 0 Å². The average molecular weight is 292 g/mol. The molecule has 5 nitrogen and oxygen atoms in total. The molecule has 0 heterocycles. The molecule has 0 atom stereocenters. The van der Waals surface area contributed by atoms with E-state index in [9.17, 15) is 4.79 Å². The van der Waals surface area contributed by atoms with Crippen molar-refractivity contribution in [1.82, 2.24) is 0 Å². The van der Waals surface area contributed by atoms with Crippen LogP contribution < -0.4 is 0 Å². The molecule has 0 spiro atoms. The van der Waals surface area contributed by atoms with Crippen molar-refractivity contribution < 1.29 is 23.2 Å². The number of carboxylic acid groups (broad SMARTS) is 1. The van der Waals surface area contributed by atoms with Crippen LogP contribution in [0, 0.1) is 5.41 Å². The second kappa shape index (κ2) is 8.68. The molecule has 0 fully saturated rings. The standard InChI is InChI=1S/C13H28O5Si/c1-6-16-19(17-7-2,18-8-3)11-9-10-13(4,5)12(14)15/h6-11H2,1-5H3,(H,14,15). The van der Waals surface area contributed by atoms with E-state index in [2.05, 4.69) is 0 Å². The molecule has 0 rings (SSSR count). The van der Waals surface area contributed by atoms with Gasteiger partial charge in [0, 0.05) is 25.9 Å². The third kappa shape index (κ3) is 6.51. The molecule has 0 aromatic carbocycles. The van der Waals surface area contributed by atoms with Crippen molar-refractivity contribution in [2.24, 2.45) is 5.41 Å². The lowest BCUT2D eigenvalue weighted by molar-refractivity contribution is -0.147. The lowest BCUT2D eigenvalue weighted by Crippen LogP contribution is -2.46. The zero-order valence-electron chi connectivity index (χ0n) is 12.8. The minimum Gasteiger partial charge on any atom is -0.481 e. The smallest absolute Gasteiger partial charge is 0.481 e. The van der Waals surface area contributed by atoms with Crippen LogP contribution in [0.25, 0.3) is 0 Å². The molecule has 0 unspecified atom stereocenters. The summed E-state index contributed by atoms with van der Waals surface area (Å²) < 4.78 is 17.2. The Labute approximate surface area is 117 Å². The molecule has 0 aliphatic heterocycles. The Morgan fingerprint density at radius 3 is 1.79 bits per heavy atom. The summed E-state index contributed by atoms with van der Waals surface area (Å²) in [5, 5.41) is 9.10. The summed E-state index contributed by atoms with van der Waals surface area (Å²) in [5.41, 5.74) is -0.717. The molecule has 19 heavy (non-hydrogen) atoms. The summed E-state index contributed by atoms with van der Waals surface area (Å²) in [6.45, 7) is 10.9. The fraction of sp³-hybridized carbons (Fsp3) is 0.923. The Balaban J connectivity index is 4.51. The summed E-state index contributed by atoms with van der Waals surface area (Å²) in [6, 6.07) is 0.666. The Morgan fingerprint density at radius 1 is 1.05 bits per heavy atom. The summed E-state index contributed by atoms with van der Waals surface area (Å²) in [5.74, 6) is -0.774. The van der Waals surface area contributed by atoms with Crippen molar-refractivity contribution in [3.63, 3.8) is 0 Å². The van der Waals surface area contributed by atoms with Crippen LogP contribution in [0.15, 0.2) is 0 Å². The minimum absolute atomic E-state index is 0.550. The quantitative estimate of drug-likeness (QED) is 0.593. The average Bonchev–Trinajstić information content (AvgIpc) is 2.29. The highest BCUT2D eigenvalue weighted by Gasteiger charge is 2.40. The van der Waals surface area contributed by atoms with Crippen LogP contribution in [0.2, 0.25) is 6.04 Å². The monoisotopic (exact) mass is 292 g/mol. The van der Waals surface area contributed by atoms with Gasteiger partial charge in [-0.1, -0.05) is 0 Å². The van der Waals surface area contributed by atoms with E-state index in [0.29, 0.717) is 32.3 Å². The van der Waals surface area contributed by atoms with Gasteiger partial charge in [0.1, 0.15) is 0 Å². The van der Waals surface area contributed by atoms with Crippen LogP contribution in [0.3, 0.4) is 0 Å². The van der Waals surface area contributed by atoms with Crippen molar-refractivity contribution >= 4 is 14.8 Å². The van der Waals surface area contributed by atoms with Crippen LogP contribution >= 0.6 is 0 Å². The first-order valence-corrected chi connectivity index (χ1v) is 8.92. The molecule has 0 amide bonds. The van der Waals surface area contributed by atoms with Gasteiger partial charge in [-0.3, -0.25) is 4.79 Å². The number of carboxylic acids is 1. The summed E-state index contributed by atoms with van der Waals surface area (Å²) in [6.07, 6.45) is 1.32. The predicted molar refractivity (Wildman–Crippen MR) is 76.1 cm³/mol. The number of hydrogen-bond acceptors (Lipinski definition) is 4. The topological polar surface area (TPSA) is 65.0 Å². The first kappa shape index (κ1) is 18.6. The Bertz CT molecular complexity index is 251. The highest BCUT2D eigenvalue weighted by Crippen LogP contribution is 2.27.